The van der Waals surface area contributed by atoms with Crippen LogP contribution in [0.2, 0.25) is 0 Å². The van der Waals surface area contributed by atoms with Gasteiger partial charge >= 0.3 is 0 Å². The van der Waals surface area contributed by atoms with Crippen LogP contribution in [0.25, 0.3) is 11.4 Å². The first-order valence-corrected chi connectivity index (χ1v) is 9.23. The molecule has 3 N–H and O–H groups in total. The third kappa shape index (κ3) is 3.64. The van der Waals surface area contributed by atoms with E-state index in [1.54, 1.807) is 0 Å². The molecule has 0 atom stereocenters. The molecule has 7 heteroatoms. The van der Waals surface area contributed by atoms with Crippen molar-refractivity contribution in [3.05, 3.63) is 63.8 Å². The standard InChI is InChI=1S/C20H24N6O/c1-13(2)26-11-14(9-22-26)10-25-8-7-18-17(12-25)20(27)24-19(23-18)15-3-5-16(21)6-4-15/h3-6,9,11,13H,7-8,10,12,21H2,1-2H3,(H,23,24,27). The van der Waals surface area contributed by atoms with Crippen LogP contribution in [-0.2, 0) is 19.5 Å². The number of nitrogen functional groups attached to an aromatic ring is 1. The van der Waals surface area contributed by atoms with Crippen molar-refractivity contribution in [2.45, 2.75) is 39.4 Å². The molecule has 0 saturated carbocycles. The van der Waals surface area contributed by atoms with Crippen LogP contribution in [0.15, 0.2) is 41.5 Å². The van der Waals surface area contributed by atoms with E-state index in [1.807, 2.05) is 35.1 Å². The normalized spacial score (nSPS) is 14.5. The van der Waals surface area contributed by atoms with E-state index in [9.17, 15) is 4.79 Å². The number of fused-ring (bicyclic) bond motifs is 1. The van der Waals surface area contributed by atoms with Crippen LogP contribution < -0.4 is 11.3 Å². The van der Waals surface area contributed by atoms with Gasteiger partial charge in [-0.1, -0.05) is 0 Å². The van der Waals surface area contributed by atoms with E-state index in [2.05, 4.69) is 35.0 Å². The van der Waals surface area contributed by atoms with Gasteiger partial charge in [0.1, 0.15) is 5.82 Å². The average molecular weight is 364 g/mol. The molecule has 3 heterocycles. The van der Waals surface area contributed by atoms with Gasteiger partial charge in [0.25, 0.3) is 5.56 Å². The van der Waals surface area contributed by atoms with Gasteiger partial charge in [-0.15, -0.1) is 0 Å². The number of hydrogen-bond donors (Lipinski definition) is 2. The summed E-state index contributed by atoms with van der Waals surface area (Å²) in [6.45, 7) is 6.48. The van der Waals surface area contributed by atoms with E-state index in [1.165, 1.54) is 0 Å². The van der Waals surface area contributed by atoms with Crippen LogP contribution in [0.5, 0.6) is 0 Å². The number of benzene rings is 1. The molecular formula is C20H24N6O. The van der Waals surface area contributed by atoms with Crippen molar-refractivity contribution in [1.29, 1.82) is 0 Å². The molecule has 0 saturated heterocycles. The fourth-order valence-electron chi connectivity index (χ4n) is 3.39. The van der Waals surface area contributed by atoms with Gasteiger partial charge in [0, 0.05) is 55.1 Å². The number of hydrogen-bond acceptors (Lipinski definition) is 5. The Balaban J connectivity index is 1.54. The van der Waals surface area contributed by atoms with Gasteiger partial charge in [-0.05, 0) is 38.1 Å². The van der Waals surface area contributed by atoms with Crippen molar-refractivity contribution < 1.29 is 0 Å². The minimum atomic E-state index is -0.0607. The second-order valence-electron chi connectivity index (χ2n) is 7.34. The number of anilines is 1. The summed E-state index contributed by atoms with van der Waals surface area (Å²) in [6.07, 6.45) is 4.74. The molecular weight excluding hydrogens is 340 g/mol. The van der Waals surface area contributed by atoms with Gasteiger partial charge in [0.15, 0.2) is 0 Å². The molecule has 1 aromatic carbocycles. The van der Waals surface area contributed by atoms with Gasteiger partial charge in [-0.25, -0.2) is 4.98 Å². The van der Waals surface area contributed by atoms with Crippen LogP contribution in [0.1, 0.15) is 36.7 Å². The predicted molar refractivity (Wildman–Crippen MR) is 105 cm³/mol. The zero-order chi connectivity index (χ0) is 19.0. The first-order valence-electron chi connectivity index (χ1n) is 9.23. The summed E-state index contributed by atoms with van der Waals surface area (Å²) in [4.78, 5) is 22.5. The zero-order valence-corrected chi connectivity index (χ0v) is 15.6. The van der Waals surface area contributed by atoms with E-state index in [0.717, 1.165) is 41.9 Å². The molecule has 0 bridgehead atoms. The van der Waals surface area contributed by atoms with Gasteiger partial charge in [-0.3, -0.25) is 14.4 Å². The SMILES string of the molecule is CC(C)n1cc(CN2CCc3nc(-c4ccc(N)cc4)[nH]c(=O)c3C2)cn1. The molecule has 4 rings (SSSR count). The van der Waals surface area contributed by atoms with Crippen molar-refractivity contribution in [3.63, 3.8) is 0 Å². The molecule has 0 fully saturated rings. The molecule has 1 aliphatic rings. The molecule has 2 aromatic heterocycles. The summed E-state index contributed by atoms with van der Waals surface area (Å²) in [6, 6.07) is 7.73. The number of rotatable bonds is 4. The van der Waals surface area contributed by atoms with Crippen LogP contribution in [0.3, 0.4) is 0 Å². The van der Waals surface area contributed by atoms with Crippen molar-refractivity contribution in [2.24, 2.45) is 0 Å². The largest absolute Gasteiger partial charge is 0.399 e. The Morgan fingerprint density at radius 1 is 1.26 bits per heavy atom. The molecule has 27 heavy (non-hydrogen) atoms. The topological polar surface area (TPSA) is 92.8 Å². The van der Waals surface area contributed by atoms with Gasteiger partial charge < -0.3 is 10.7 Å². The lowest BCUT2D eigenvalue weighted by molar-refractivity contribution is 0.241. The van der Waals surface area contributed by atoms with Crippen LogP contribution in [0.4, 0.5) is 5.69 Å². The van der Waals surface area contributed by atoms with Crippen molar-refractivity contribution >= 4 is 5.69 Å². The lowest BCUT2D eigenvalue weighted by atomic mass is 10.1. The maximum Gasteiger partial charge on any atom is 0.255 e. The van der Waals surface area contributed by atoms with Gasteiger partial charge in [0.05, 0.1) is 17.5 Å². The first kappa shape index (κ1) is 17.5. The molecule has 1 aliphatic heterocycles. The number of H-pyrrole nitrogens is 1. The first-order chi connectivity index (χ1) is 13.0. The summed E-state index contributed by atoms with van der Waals surface area (Å²) < 4.78 is 1.96. The smallest absolute Gasteiger partial charge is 0.255 e. The quantitative estimate of drug-likeness (QED) is 0.693. The van der Waals surface area contributed by atoms with Crippen LogP contribution >= 0.6 is 0 Å². The summed E-state index contributed by atoms with van der Waals surface area (Å²) in [5.74, 6) is 0.602. The van der Waals surface area contributed by atoms with Gasteiger partial charge in [0.2, 0.25) is 0 Å². The third-order valence-corrected chi connectivity index (χ3v) is 4.92. The Morgan fingerprint density at radius 3 is 2.74 bits per heavy atom. The third-order valence-electron chi connectivity index (χ3n) is 4.92. The Hall–Kier alpha value is -2.93. The average Bonchev–Trinajstić information content (AvgIpc) is 3.11. The van der Waals surface area contributed by atoms with Gasteiger partial charge in [-0.2, -0.15) is 5.10 Å². The highest BCUT2D eigenvalue weighted by Crippen LogP contribution is 2.21. The molecule has 140 valence electrons. The number of aromatic amines is 1. The highest BCUT2D eigenvalue weighted by Gasteiger charge is 2.22. The highest BCUT2D eigenvalue weighted by molar-refractivity contribution is 5.58. The fraction of sp³-hybridized carbons (Fsp3) is 0.350. The van der Waals surface area contributed by atoms with Crippen LogP contribution in [-0.4, -0.2) is 31.2 Å². The molecule has 0 spiro atoms. The minimum absolute atomic E-state index is 0.0607. The van der Waals surface area contributed by atoms with E-state index in [4.69, 9.17) is 10.7 Å². The highest BCUT2D eigenvalue weighted by atomic mass is 16.1. The number of nitrogens with one attached hydrogen (secondary N) is 1. The van der Waals surface area contributed by atoms with E-state index in [-0.39, 0.29) is 5.56 Å². The molecule has 0 amide bonds. The monoisotopic (exact) mass is 364 g/mol. The number of nitrogens with two attached hydrogens (primary N) is 1. The molecule has 7 nitrogen and oxygen atoms in total. The Morgan fingerprint density at radius 2 is 2.04 bits per heavy atom. The van der Waals surface area contributed by atoms with Crippen LogP contribution in [0, 0.1) is 0 Å². The zero-order valence-electron chi connectivity index (χ0n) is 15.6. The van der Waals surface area contributed by atoms with Crippen molar-refractivity contribution in [3.8, 4) is 11.4 Å². The summed E-state index contributed by atoms with van der Waals surface area (Å²) in [5, 5.41) is 4.40. The summed E-state index contributed by atoms with van der Waals surface area (Å²) >= 11 is 0. The maximum absolute atomic E-state index is 12.7. The lowest BCUT2D eigenvalue weighted by Crippen LogP contribution is -2.35. The summed E-state index contributed by atoms with van der Waals surface area (Å²) in [7, 11) is 0. The van der Waals surface area contributed by atoms with Crippen molar-refractivity contribution in [1.82, 2.24) is 24.6 Å². The Labute approximate surface area is 157 Å². The minimum Gasteiger partial charge on any atom is -0.399 e. The van der Waals surface area contributed by atoms with E-state index < -0.39 is 0 Å². The molecule has 0 radical (unpaired) electrons. The number of nitrogens with zero attached hydrogens (tertiary/aromatic N) is 4. The molecule has 0 unspecified atom stereocenters. The molecule has 0 aliphatic carbocycles. The Kier molecular flexibility index (Phi) is 4.53. The molecule has 3 aromatic rings. The maximum atomic E-state index is 12.7. The van der Waals surface area contributed by atoms with E-state index >= 15 is 0 Å². The summed E-state index contributed by atoms with van der Waals surface area (Å²) in [5.41, 5.74) is 10.0. The predicted octanol–water partition coefficient (Wildman–Crippen LogP) is 2.35. The van der Waals surface area contributed by atoms with Crippen molar-refractivity contribution in [2.75, 3.05) is 12.3 Å². The number of aromatic nitrogens is 4. The Bertz CT molecular complexity index is 1000. The van der Waals surface area contributed by atoms with E-state index in [0.29, 0.717) is 24.1 Å². The second kappa shape index (κ2) is 7.00. The second-order valence-corrected chi connectivity index (χ2v) is 7.34. The fourth-order valence-corrected chi connectivity index (χ4v) is 3.39. The lowest BCUT2D eigenvalue weighted by Gasteiger charge is -2.27.